The van der Waals surface area contributed by atoms with Crippen LogP contribution in [0.5, 0.6) is 5.75 Å². The summed E-state index contributed by atoms with van der Waals surface area (Å²) in [6.07, 6.45) is 2.36. The minimum atomic E-state index is -1.11. The van der Waals surface area contributed by atoms with Crippen LogP contribution in [0.4, 0.5) is 0 Å². The Kier molecular flexibility index (Phi) is 11.2. The van der Waals surface area contributed by atoms with Crippen molar-refractivity contribution in [3.63, 3.8) is 0 Å². The van der Waals surface area contributed by atoms with Gasteiger partial charge in [-0.25, -0.2) is 4.79 Å². The minimum Gasteiger partial charge on any atom is -0.508 e. The zero-order valence-corrected chi connectivity index (χ0v) is 23.3. The number of benzene rings is 3. The maximum absolute atomic E-state index is 13.5. The van der Waals surface area contributed by atoms with Crippen molar-refractivity contribution in [1.29, 1.82) is 0 Å². The van der Waals surface area contributed by atoms with Crippen molar-refractivity contribution in [3.05, 3.63) is 77.9 Å². The smallest absolute Gasteiger partial charge is 0.326 e. The van der Waals surface area contributed by atoms with Crippen LogP contribution in [0, 0.1) is 5.92 Å². The number of carbonyl (C=O) groups excluding carboxylic acids is 2. The van der Waals surface area contributed by atoms with Gasteiger partial charge in [0.25, 0.3) is 0 Å². The fraction of sp³-hybridized carbons (Fsp3) is 0.367. The van der Waals surface area contributed by atoms with Crippen LogP contribution in [0.25, 0.3) is 10.8 Å². The molecule has 2 amide bonds. The van der Waals surface area contributed by atoms with Crippen molar-refractivity contribution in [2.75, 3.05) is 12.0 Å². The van der Waals surface area contributed by atoms with Crippen molar-refractivity contribution in [2.24, 2.45) is 5.92 Å². The van der Waals surface area contributed by atoms with Gasteiger partial charge in [0.1, 0.15) is 17.8 Å². The Morgan fingerprint density at radius 1 is 0.872 bits per heavy atom. The molecule has 3 aromatic carbocycles. The first-order valence-corrected chi connectivity index (χ1v) is 14.4. The largest absolute Gasteiger partial charge is 0.508 e. The molecule has 0 heterocycles. The van der Waals surface area contributed by atoms with E-state index in [9.17, 15) is 24.6 Å². The van der Waals surface area contributed by atoms with Gasteiger partial charge in [-0.3, -0.25) is 9.59 Å². The van der Waals surface area contributed by atoms with Gasteiger partial charge in [0, 0.05) is 18.5 Å². The number of carboxylic acid groups (broad SMARTS) is 1. The third kappa shape index (κ3) is 8.46. The highest BCUT2D eigenvalue weighted by atomic mass is 32.2. The van der Waals surface area contributed by atoms with Crippen molar-refractivity contribution < 1.29 is 24.6 Å². The number of fused-ring (bicyclic) bond motifs is 1. The standard InChI is InChI=1S/C30H37N3O5S/c1-19(2)27(31-18-23-22-12-8-7-11-21(22)13-14-26(23)34)29(36)33-25(17-20-9-5-4-6-10-20)28(35)32-24(30(37)38)15-16-39-3/h4-14,19,24-25,27,31,34H,15-18H2,1-3H3,(H,32,35)(H,33,36)(H,37,38)/t24-,25-,27-/m0/s1. The maximum atomic E-state index is 13.5. The molecule has 3 aromatic rings. The van der Waals surface area contributed by atoms with E-state index in [0.29, 0.717) is 11.3 Å². The molecule has 39 heavy (non-hydrogen) atoms. The summed E-state index contributed by atoms with van der Waals surface area (Å²) in [5, 5.41) is 30.7. The van der Waals surface area contributed by atoms with Crippen LogP contribution in [0.3, 0.4) is 0 Å². The van der Waals surface area contributed by atoms with Gasteiger partial charge in [0.05, 0.1) is 6.04 Å². The molecule has 0 radical (unpaired) electrons. The summed E-state index contributed by atoms with van der Waals surface area (Å²) in [6, 6.07) is 17.8. The average Bonchev–Trinajstić information content (AvgIpc) is 2.92. The molecule has 0 fully saturated rings. The van der Waals surface area contributed by atoms with Crippen LogP contribution in [0.15, 0.2) is 66.7 Å². The molecule has 3 atom stereocenters. The van der Waals surface area contributed by atoms with Crippen LogP contribution in [-0.2, 0) is 27.3 Å². The second kappa shape index (κ2) is 14.6. The van der Waals surface area contributed by atoms with Crippen LogP contribution < -0.4 is 16.0 Å². The predicted octanol–water partition coefficient (Wildman–Crippen LogP) is 3.71. The molecule has 208 valence electrons. The molecule has 0 aromatic heterocycles. The van der Waals surface area contributed by atoms with Gasteiger partial charge >= 0.3 is 5.97 Å². The number of hydrogen-bond acceptors (Lipinski definition) is 6. The third-order valence-corrected chi connectivity index (χ3v) is 7.25. The SMILES string of the molecule is CSCC[C@H](NC(=O)[C@H](Cc1ccccc1)NC(=O)[C@@H](NCc1c(O)ccc2ccccc12)C(C)C)C(=O)O. The Balaban J connectivity index is 1.79. The van der Waals surface area contributed by atoms with E-state index in [1.807, 2.05) is 80.8 Å². The molecule has 0 bridgehead atoms. The second-order valence-electron chi connectivity index (χ2n) is 9.82. The Labute approximate surface area is 233 Å². The normalized spacial score (nSPS) is 13.5. The molecular weight excluding hydrogens is 514 g/mol. The Bertz CT molecular complexity index is 1270. The number of amides is 2. The van der Waals surface area contributed by atoms with E-state index in [4.69, 9.17) is 0 Å². The molecule has 5 N–H and O–H groups in total. The molecule has 0 spiro atoms. The van der Waals surface area contributed by atoms with Gasteiger partial charge in [-0.05, 0) is 46.7 Å². The molecule has 0 saturated carbocycles. The number of phenols is 1. The average molecular weight is 552 g/mol. The molecule has 0 unspecified atom stereocenters. The van der Waals surface area contributed by atoms with Gasteiger partial charge in [0.2, 0.25) is 11.8 Å². The lowest BCUT2D eigenvalue weighted by atomic mass is 9.99. The Morgan fingerprint density at radius 3 is 2.21 bits per heavy atom. The summed E-state index contributed by atoms with van der Waals surface area (Å²) in [5.41, 5.74) is 1.52. The molecule has 0 aliphatic carbocycles. The lowest BCUT2D eigenvalue weighted by Gasteiger charge is -2.26. The zero-order chi connectivity index (χ0) is 28.4. The first-order chi connectivity index (χ1) is 18.7. The summed E-state index contributed by atoms with van der Waals surface area (Å²) >= 11 is 1.50. The lowest BCUT2D eigenvalue weighted by Crippen LogP contribution is -2.56. The molecule has 3 rings (SSSR count). The zero-order valence-electron chi connectivity index (χ0n) is 22.5. The molecule has 8 nitrogen and oxygen atoms in total. The van der Waals surface area contributed by atoms with Gasteiger partial charge < -0.3 is 26.2 Å². The highest BCUT2D eigenvalue weighted by Crippen LogP contribution is 2.27. The van der Waals surface area contributed by atoms with Crippen molar-refractivity contribution in [1.82, 2.24) is 16.0 Å². The summed E-state index contributed by atoms with van der Waals surface area (Å²) in [5.74, 6) is -1.45. The fourth-order valence-electron chi connectivity index (χ4n) is 4.44. The van der Waals surface area contributed by atoms with Crippen LogP contribution in [0.1, 0.15) is 31.4 Å². The third-order valence-electron chi connectivity index (χ3n) is 6.60. The van der Waals surface area contributed by atoms with E-state index in [1.165, 1.54) is 11.8 Å². The first-order valence-electron chi connectivity index (χ1n) is 13.0. The van der Waals surface area contributed by atoms with E-state index >= 15 is 0 Å². The maximum Gasteiger partial charge on any atom is 0.326 e. The number of carboxylic acids is 1. The second-order valence-corrected chi connectivity index (χ2v) is 10.8. The molecule has 0 aliphatic rings. The van der Waals surface area contributed by atoms with Crippen LogP contribution in [-0.4, -0.2) is 58.1 Å². The van der Waals surface area contributed by atoms with Gasteiger partial charge in [-0.15, -0.1) is 0 Å². The first kappa shape index (κ1) is 30.0. The highest BCUT2D eigenvalue weighted by molar-refractivity contribution is 7.98. The number of aliphatic carboxylic acids is 1. The van der Waals surface area contributed by atoms with E-state index in [0.717, 1.165) is 16.3 Å². The number of carbonyl (C=O) groups is 3. The van der Waals surface area contributed by atoms with E-state index in [2.05, 4.69) is 16.0 Å². The number of aromatic hydroxyl groups is 1. The molecule has 0 aliphatic heterocycles. The summed E-state index contributed by atoms with van der Waals surface area (Å²) in [4.78, 5) is 38.5. The number of nitrogens with one attached hydrogen (secondary N) is 3. The summed E-state index contributed by atoms with van der Waals surface area (Å²) in [6.45, 7) is 4.04. The van der Waals surface area contributed by atoms with Crippen molar-refractivity contribution >= 4 is 40.3 Å². The summed E-state index contributed by atoms with van der Waals surface area (Å²) < 4.78 is 0. The van der Waals surface area contributed by atoms with E-state index < -0.39 is 30.0 Å². The van der Waals surface area contributed by atoms with Crippen LogP contribution >= 0.6 is 11.8 Å². The van der Waals surface area contributed by atoms with E-state index in [-0.39, 0.29) is 37.0 Å². The van der Waals surface area contributed by atoms with Gasteiger partial charge in [-0.2, -0.15) is 11.8 Å². The van der Waals surface area contributed by atoms with Crippen LogP contribution in [0.2, 0.25) is 0 Å². The Morgan fingerprint density at radius 2 is 1.54 bits per heavy atom. The predicted molar refractivity (Wildman–Crippen MR) is 156 cm³/mol. The van der Waals surface area contributed by atoms with Gasteiger partial charge in [-0.1, -0.05) is 74.5 Å². The summed E-state index contributed by atoms with van der Waals surface area (Å²) in [7, 11) is 0. The highest BCUT2D eigenvalue weighted by Gasteiger charge is 2.30. The molecule has 9 heteroatoms. The molecule has 0 saturated heterocycles. The monoisotopic (exact) mass is 551 g/mol. The lowest BCUT2D eigenvalue weighted by molar-refractivity contribution is -0.142. The fourth-order valence-corrected chi connectivity index (χ4v) is 4.91. The molecular formula is C30H37N3O5S. The number of hydrogen-bond donors (Lipinski definition) is 5. The minimum absolute atomic E-state index is 0.129. The number of rotatable bonds is 14. The number of thioether (sulfide) groups is 1. The van der Waals surface area contributed by atoms with Crippen molar-refractivity contribution in [2.45, 2.75) is 51.4 Å². The Hall–Kier alpha value is -3.56. The topological polar surface area (TPSA) is 128 Å². The van der Waals surface area contributed by atoms with E-state index in [1.54, 1.807) is 6.07 Å². The number of phenolic OH excluding ortho intramolecular Hbond substituents is 1. The quantitative estimate of drug-likeness (QED) is 0.207. The van der Waals surface area contributed by atoms with Crippen molar-refractivity contribution in [3.8, 4) is 5.75 Å². The van der Waals surface area contributed by atoms with Gasteiger partial charge in [0.15, 0.2) is 0 Å².